The fraction of sp³-hybridized carbons (Fsp3) is 0.278. The van der Waals surface area contributed by atoms with E-state index in [9.17, 15) is 9.18 Å². The van der Waals surface area contributed by atoms with Crippen LogP contribution in [0.4, 0.5) is 9.18 Å². The molecule has 0 saturated heterocycles. The maximum absolute atomic E-state index is 13.2. The lowest BCUT2D eigenvalue weighted by Crippen LogP contribution is -2.36. The molecule has 0 bridgehead atoms. The maximum Gasteiger partial charge on any atom is 0.315 e. The average molecular weight is 298 g/mol. The standard InChI is InChI=1S/C18H19FN2O/c1-12-3-2-4-13(9-12)11-20-18(22)21-17-8-5-14-10-15(19)6-7-16(14)17/h2-4,6-7,9-10,17H,5,8,11H2,1H3,(H2,20,21,22). The first-order valence-corrected chi connectivity index (χ1v) is 7.50. The van der Waals surface area contributed by atoms with Crippen molar-refractivity contribution in [2.24, 2.45) is 0 Å². The van der Waals surface area contributed by atoms with Crippen molar-refractivity contribution in [3.63, 3.8) is 0 Å². The van der Waals surface area contributed by atoms with Gasteiger partial charge in [0.15, 0.2) is 0 Å². The van der Waals surface area contributed by atoms with Gasteiger partial charge in [-0.25, -0.2) is 9.18 Å². The van der Waals surface area contributed by atoms with Crippen molar-refractivity contribution in [3.05, 3.63) is 70.5 Å². The molecule has 3 rings (SSSR count). The molecule has 3 nitrogen and oxygen atoms in total. The molecule has 0 heterocycles. The van der Waals surface area contributed by atoms with Crippen LogP contribution in [0.3, 0.4) is 0 Å². The molecule has 2 N–H and O–H groups in total. The number of benzene rings is 2. The number of hydrogen-bond acceptors (Lipinski definition) is 1. The summed E-state index contributed by atoms with van der Waals surface area (Å²) in [6.07, 6.45) is 1.62. The van der Waals surface area contributed by atoms with E-state index in [1.54, 1.807) is 12.1 Å². The van der Waals surface area contributed by atoms with Crippen molar-refractivity contribution < 1.29 is 9.18 Å². The van der Waals surface area contributed by atoms with Crippen LogP contribution in [0.1, 0.15) is 34.7 Å². The molecule has 114 valence electrons. The molecule has 0 saturated carbocycles. The molecule has 0 radical (unpaired) electrons. The molecule has 0 fully saturated rings. The zero-order valence-electron chi connectivity index (χ0n) is 12.5. The van der Waals surface area contributed by atoms with Gasteiger partial charge in [0.05, 0.1) is 6.04 Å². The van der Waals surface area contributed by atoms with Crippen LogP contribution >= 0.6 is 0 Å². The minimum atomic E-state index is -0.219. The number of nitrogens with one attached hydrogen (secondary N) is 2. The van der Waals surface area contributed by atoms with Gasteiger partial charge in [-0.1, -0.05) is 35.9 Å². The number of rotatable bonds is 3. The highest BCUT2D eigenvalue weighted by molar-refractivity contribution is 5.74. The van der Waals surface area contributed by atoms with Crippen molar-refractivity contribution >= 4 is 6.03 Å². The predicted molar refractivity (Wildman–Crippen MR) is 84.0 cm³/mol. The smallest absolute Gasteiger partial charge is 0.315 e. The lowest BCUT2D eigenvalue weighted by Gasteiger charge is -2.15. The van der Waals surface area contributed by atoms with Crippen LogP contribution in [0.2, 0.25) is 0 Å². The van der Waals surface area contributed by atoms with Gasteiger partial charge in [-0.05, 0) is 48.6 Å². The van der Waals surface area contributed by atoms with E-state index in [4.69, 9.17) is 0 Å². The number of aryl methyl sites for hydroxylation is 2. The summed E-state index contributed by atoms with van der Waals surface area (Å²) < 4.78 is 13.2. The second-order valence-corrected chi connectivity index (χ2v) is 5.75. The van der Waals surface area contributed by atoms with Crippen LogP contribution in [0.25, 0.3) is 0 Å². The fourth-order valence-electron chi connectivity index (χ4n) is 2.95. The van der Waals surface area contributed by atoms with Crippen molar-refractivity contribution in [1.82, 2.24) is 10.6 Å². The third-order valence-corrected chi connectivity index (χ3v) is 4.02. The Bertz CT molecular complexity index is 699. The summed E-state index contributed by atoms with van der Waals surface area (Å²) in [5.41, 5.74) is 4.26. The van der Waals surface area contributed by atoms with Gasteiger partial charge in [0.1, 0.15) is 5.82 Å². The topological polar surface area (TPSA) is 41.1 Å². The molecule has 0 spiro atoms. The van der Waals surface area contributed by atoms with Crippen LogP contribution < -0.4 is 10.6 Å². The minimum absolute atomic E-state index is 0.0342. The highest BCUT2D eigenvalue weighted by Gasteiger charge is 2.24. The molecule has 1 aliphatic carbocycles. The van der Waals surface area contributed by atoms with E-state index < -0.39 is 0 Å². The largest absolute Gasteiger partial charge is 0.334 e. The summed E-state index contributed by atoms with van der Waals surface area (Å²) in [5, 5.41) is 5.84. The molecule has 4 heteroatoms. The first-order valence-electron chi connectivity index (χ1n) is 7.50. The van der Waals surface area contributed by atoms with Crippen LogP contribution in [0, 0.1) is 12.7 Å². The fourth-order valence-corrected chi connectivity index (χ4v) is 2.95. The molecule has 2 amide bonds. The van der Waals surface area contributed by atoms with Crippen molar-refractivity contribution in [3.8, 4) is 0 Å². The summed E-state index contributed by atoms with van der Waals surface area (Å²) in [5.74, 6) is -0.219. The lowest BCUT2D eigenvalue weighted by atomic mass is 10.1. The Morgan fingerprint density at radius 1 is 1.27 bits per heavy atom. The minimum Gasteiger partial charge on any atom is -0.334 e. The monoisotopic (exact) mass is 298 g/mol. The number of carbonyl (C=O) groups is 1. The van der Waals surface area contributed by atoms with Crippen LogP contribution in [-0.4, -0.2) is 6.03 Å². The average Bonchev–Trinajstić information content (AvgIpc) is 2.87. The summed E-state index contributed by atoms with van der Waals surface area (Å²) in [6, 6.07) is 12.6. The van der Waals surface area contributed by atoms with Gasteiger partial charge in [0, 0.05) is 6.54 Å². The van der Waals surface area contributed by atoms with Gasteiger partial charge in [0.25, 0.3) is 0 Å². The number of urea groups is 1. The molecule has 2 aromatic rings. The van der Waals surface area contributed by atoms with Crippen LogP contribution in [0.5, 0.6) is 0 Å². The van der Waals surface area contributed by atoms with E-state index in [0.717, 1.165) is 29.5 Å². The Balaban J connectivity index is 1.57. The van der Waals surface area contributed by atoms with Crippen molar-refractivity contribution in [1.29, 1.82) is 0 Å². The van der Waals surface area contributed by atoms with E-state index in [2.05, 4.69) is 10.6 Å². The summed E-state index contributed by atoms with van der Waals surface area (Å²) in [6.45, 7) is 2.52. The van der Waals surface area contributed by atoms with E-state index in [-0.39, 0.29) is 17.9 Å². The third kappa shape index (κ3) is 3.27. The van der Waals surface area contributed by atoms with E-state index in [1.165, 1.54) is 11.6 Å². The Morgan fingerprint density at radius 2 is 2.14 bits per heavy atom. The number of amides is 2. The zero-order valence-corrected chi connectivity index (χ0v) is 12.5. The Morgan fingerprint density at radius 3 is 2.95 bits per heavy atom. The van der Waals surface area contributed by atoms with Crippen molar-refractivity contribution in [2.75, 3.05) is 0 Å². The highest BCUT2D eigenvalue weighted by atomic mass is 19.1. The van der Waals surface area contributed by atoms with Gasteiger partial charge >= 0.3 is 6.03 Å². The number of hydrogen-bond donors (Lipinski definition) is 2. The maximum atomic E-state index is 13.2. The first-order chi connectivity index (χ1) is 10.6. The molecular weight excluding hydrogens is 279 g/mol. The summed E-state index contributed by atoms with van der Waals surface area (Å²) in [7, 11) is 0. The molecule has 1 aliphatic rings. The predicted octanol–water partition coefficient (Wildman–Crippen LogP) is 3.62. The Labute approximate surface area is 129 Å². The lowest BCUT2D eigenvalue weighted by molar-refractivity contribution is 0.236. The van der Waals surface area contributed by atoms with Gasteiger partial charge in [-0.3, -0.25) is 0 Å². The van der Waals surface area contributed by atoms with Gasteiger partial charge < -0.3 is 10.6 Å². The first kappa shape index (κ1) is 14.6. The van der Waals surface area contributed by atoms with Gasteiger partial charge in [-0.15, -0.1) is 0 Å². The normalized spacial score (nSPS) is 16.2. The van der Waals surface area contributed by atoms with Crippen LogP contribution in [-0.2, 0) is 13.0 Å². The number of halogens is 1. The summed E-state index contributed by atoms with van der Waals surface area (Å²) >= 11 is 0. The van der Waals surface area contributed by atoms with E-state index in [1.807, 2.05) is 31.2 Å². The van der Waals surface area contributed by atoms with E-state index >= 15 is 0 Å². The SMILES string of the molecule is Cc1cccc(CNC(=O)NC2CCc3cc(F)ccc32)c1. The molecule has 22 heavy (non-hydrogen) atoms. The zero-order chi connectivity index (χ0) is 15.5. The highest BCUT2D eigenvalue weighted by Crippen LogP contribution is 2.31. The third-order valence-electron chi connectivity index (χ3n) is 4.02. The van der Waals surface area contributed by atoms with Crippen LogP contribution in [0.15, 0.2) is 42.5 Å². The molecule has 1 unspecified atom stereocenters. The molecule has 2 aromatic carbocycles. The van der Waals surface area contributed by atoms with Gasteiger partial charge in [-0.2, -0.15) is 0 Å². The van der Waals surface area contributed by atoms with Gasteiger partial charge in [0.2, 0.25) is 0 Å². The molecular formula is C18H19FN2O. The molecule has 0 aliphatic heterocycles. The summed E-state index contributed by atoms with van der Waals surface area (Å²) in [4.78, 5) is 12.0. The quantitative estimate of drug-likeness (QED) is 0.893. The second kappa shape index (κ2) is 6.18. The Kier molecular flexibility index (Phi) is 4.09. The number of fused-ring (bicyclic) bond motifs is 1. The second-order valence-electron chi connectivity index (χ2n) is 5.75. The van der Waals surface area contributed by atoms with E-state index in [0.29, 0.717) is 6.54 Å². The van der Waals surface area contributed by atoms with Crippen molar-refractivity contribution in [2.45, 2.75) is 32.4 Å². The Hall–Kier alpha value is -2.36. The molecule has 1 atom stereocenters. The molecule has 0 aromatic heterocycles. The number of carbonyl (C=O) groups excluding carboxylic acids is 1.